The molecule has 88 valence electrons. The minimum atomic E-state index is -0.231. The van der Waals surface area contributed by atoms with Gasteiger partial charge in [0, 0.05) is 25.3 Å². The Balaban J connectivity index is 2.05. The van der Waals surface area contributed by atoms with E-state index in [0.717, 1.165) is 25.3 Å². The van der Waals surface area contributed by atoms with Gasteiger partial charge in [0.15, 0.2) is 0 Å². The van der Waals surface area contributed by atoms with Crippen LogP contribution in [0.3, 0.4) is 0 Å². The molecule has 1 aromatic carbocycles. The molecule has 1 unspecified atom stereocenters. The highest BCUT2D eigenvalue weighted by Gasteiger charge is 2.17. The fourth-order valence-electron chi connectivity index (χ4n) is 1.99. The van der Waals surface area contributed by atoms with Gasteiger partial charge in [-0.25, -0.2) is 4.39 Å². The third-order valence-electron chi connectivity index (χ3n) is 2.82. The van der Waals surface area contributed by atoms with Crippen molar-refractivity contribution in [2.24, 2.45) is 0 Å². The molecule has 0 aliphatic carbocycles. The van der Waals surface area contributed by atoms with Crippen LogP contribution in [0, 0.1) is 5.82 Å². The van der Waals surface area contributed by atoms with Gasteiger partial charge in [-0.05, 0) is 30.7 Å². The van der Waals surface area contributed by atoms with E-state index < -0.39 is 0 Å². The van der Waals surface area contributed by atoms with E-state index in [1.165, 1.54) is 12.1 Å². The van der Waals surface area contributed by atoms with Crippen LogP contribution in [-0.2, 0) is 11.3 Å². The van der Waals surface area contributed by atoms with Crippen molar-refractivity contribution < 1.29 is 9.13 Å². The number of hydrogen-bond acceptors (Lipinski definition) is 3. The topological polar surface area (TPSA) is 38.5 Å². The van der Waals surface area contributed by atoms with Crippen molar-refractivity contribution >= 4 is 5.69 Å². The average molecular weight is 224 g/mol. The molecule has 2 rings (SSSR count). The van der Waals surface area contributed by atoms with Gasteiger partial charge < -0.3 is 10.5 Å². The fourth-order valence-corrected chi connectivity index (χ4v) is 1.99. The summed E-state index contributed by atoms with van der Waals surface area (Å²) in [5.74, 6) is -0.231. The molecule has 1 fully saturated rings. The highest BCUT2D eigenvalue weighted by molar-refractivity contribution is 5.46. The Labute approximate surface area is 95.0 Å². The van der Waals surface area contributed by atoms with E-state index in [1.807, 2.05) is 6.92 Å². The lowest BCUT2D eigenvalue weighted by molar-refractivity contribution is -0.0211. The van der Waals surface area contributed by atoms with Gasteiger partial charge >= 0.3 is 0 Å². The normalized spacial score (nSPS) is 22.2. The molecule has 1 saturated heterocycles. The summed E-state index contributed by atoms with van der Waals surface area (Å²) in [7, 11) is 0. The van der Waals surface area contributed by atoms with Crippen LogP contribution in [0.2, 0.25) is 0 Å². The molecule has 0 saturated carbocycles. The number of nitrogens with two attached hydrogens (primary N) is 1. The molecule has 0 spiro atoms. The summed E-state index contributed by atoms with van der Waals surface area (Å²) >= 11 is 0. The van der Waals surface area contributed by atoms with Gasteiger partial charge in [0.1, 0.15) is 5.82 Å². The molecular formula is C12H17FN2O. The van der Waals surface area contributed by atoms with Crippen molar-refractivity contribution in [3.63, 3.8) is 0 Å². The number of rotatable bonds is 2. The lowest BCUT2D eigenvalue weighted by Crippen LogP contribution is -2.40. The Bertz CT molecular complexity index is 370. The number of hydrogen-bond donors (Lipinski definition) is 1. The number of benzene rings is 1. The first-order valence-corrected chi connectivity index (χ1v) is 5.53. The lowest BCUT2D eigenvalue weighted by Gasteiger charge is -2.31. The molecule has 4 heteroatoms. The minimum Gasteiger partial charge on any atom is -0.398 e. The van der Waals surface area contributed by atoms with Gasteiger partial charge in [-0.3, -0.25) is 4.90 Å². The standard InChI is InChI=1S/C12H17FN2O/c1-9-7-15(4-5-16-9)8-10-6-11(13)2-3-12(10)14/h2-3,6,9H,4-5,7-8,14H2,1H3. The third-order valence-corrected chi connectivity index (χ3v) is 2.82. The van der Waals surface area contributed by atoms with Crippen molar-refractivity contribution in [2.75, 3.05) is 25.4 Å². The summed E-state index contributed by atoms with van der Waals surface area (Å²) in [6, 6.07) is 4.52. The molecular weight excluding hydrogens is 207 g/mol. The van der Waals surface area contributed by atoms with E-state index >= 15 is 0 Å². The van der Waals surface area contributed by atoms with Gasteiger partial charge in [-0.1, -0.05) is 0 Å². The van der Waals surface area contributed by atoms with Crippen LogP contribution in [-0.4, -0.2) is 30.7 Å². The monoisotopic (exact) mass is 224 g/mol. The number of anilines is 1. The fraction of sp³-hybridized carbons (Fsp3) is 0.500. The van der Waals surface area contributed by atoms with Gasteiger partial charge in [0.25, 0.3) is 0 Å². The molecule has 0 aromatic heterocycles. The molecule has 2 N–H and O–H groups in total. The maximum Gasteiger partial charge on any atom is 0.123 e. The second-order valence-corrected chi connectivity index (χ2v) is 4.26. The Morgan fingerprint density at radius 1 is 1.56 bits per heavy atom. The van der Waals surface area contributed by atoms with Crippen LogP contribution < -0.4 is 5.73 Å². The van der Waals surface area contributed by atoms with Gasteiger partial charge in [0.2, 0.25) is 0 Å². The minimum absolute atomic E-state index is 0.231. The molecule has 0 amide bonds. The Kier molecular flexibility index (Phi) is 3.41. The molecule has 1 heterocycles. The van der Waals surface area contributed by atoms with E-state index in [4.69, 9.17) is 10.5 Å². The van der Waals surface area contributed by atoms with E-state index in [1.54, 1.807) is 6.07 Å². The second-order valence-electron chi connectivity index (χ2n) is 4.26. The maximum atomic E-state index is 13.1. The van der Waals surface area contributed by atoms with Crippen LogP contribution in [0.1, 0.15) is 12.5 Å². The lowest BCUT2D eigenvalue weighted by atomic mass is 10.1. The number of morpholine rings is 1. The highest BCUT2D eigenvalue weighted by Crippen LogP contribution is 2.17. The van der Waals surface area contributed by atoms with E-state index in [9.17, 15) is 4.39 Å². The molecule has 1 aliphatic heterocycles. The van der Waals surface area contributed by atoms with E-state index in [2.05, 4.69) is 4.90 Å². The van der Waals surface area contributed by atoms with Crippen LogP contribution >= 0.6 is 0 Å². The number of ether oxygens (including phenoxy) is 1. The largest absolute Gasteiger partial charge is 0.398 e. The van der Waals surface area contributed by atoms with Crippen LogP contribution in [0.5, 0.6) is 0 Å². The molecule has 1 aromatic rings. The third kappa shape index (κ3) is 2.71. The zero-order valence-corrected chi connectivity index (χ0v) is 9.45. The molecule has 0 bridgehead atoms. The summed E-state index contributed by atoms with van der Waals surface area (Å²) < 4.78 is 18.5. The Morgan fingerprint density at radius 3 is 3.12 bits per heavy atom. The summed E-state index contributed by atoms with van der Waals surface area (Å²) in [5, 5.41) is 0. The number of nitrogens with zero attached hydrogens (tertiary/aromatic N) is 1. The van der Waals surface area contributed by atoms with Crippen LogP contribution in [0.25, 0.3) is 0 Å². The first-order chi connectivity index (χ1) is 7.65. The molecule has 0 radical (unpaired) electrons. The van der Waals surface area contributed by atoms with Crippen molar-refractivity contribution in [2.45, 2.75) is 19.6 Å². The Morgan fingerprint density at radius 2 is 2.38 bits per heavy atom. The molecule has 1 aliphatic rings. The van der Waals surface area contributed by atoms with Gasteiger partial charge in [-0.2, -0.15) is 0 Å². The number of nitrogen functional groups attached to an aromatic ring is 1. The van der Waals surface area contributed by atoms with Crippen molar-refractivity contribution in [1.82, 2.24) is 4.90 Å². The quantitative estimate of drug-likeness (QED) is 0.776. The first kappa shape index (κ1) is 11.4. The van der Waals surface area contributed by atoms with Crippen LogP contribution in [0.15, 0.2) is 18.2 Å². The summed E-state index contributed by atoms with van der Waals surface area (Å²) in [6.07, 6.45) is 0.239. The summed E-state index contributed by atoms with van der Waals surface area (Å²) in [6.45, 7) is 5.21. The molecule has 16 heavy (non-hydrogen) atoms. The SMILES string of the molecule is CC1CN(Cc2cc(F)ccc2N)CCO1. The van der Waals surface area contributed by atoms with E-state index in [-0.39, 0.29) is 11.9 Å². The second kappa shape index (κ2) is 4.80. The van der Waals surface area contributed by atoms with Crippen molar-refractivity contribution in [3.8, 4) is 0 Å². The zero-order chi connectivity index (χ0) is 11.5. The van der Waals surface area contributed by atoms with E-state index in [0.29, 0.717) is 12.2 Å². The first-order valence-electron chi connectivity index (χ1n) is 5.53. The number of halogens is 1. The Hall–Kier alpha value is -1.13. The maximum absolute atomic E-state index is 13.1. The van der Waals surface area contributed by atoms with Crippen molar-refractivity contribution in [3.05, 3.63) is 29.6 Å². The summed E-state index contributed by atoms with van der Waals surface area (Å²) in [5.41, 5.74) is 7.33. The van der Waals surface area contributed by atoms with Gasteiger partial charge in [-0.15, -0.1) is 0 Å². The smallest absolute Gasteiger partial charge is 0.123 e. The molecule has 1 atom stereocenters. The zero-order valence-electron chi connectivity index (χ0n) is 9.45. The summed E-state index contributed by atoms with van der Waals surface area (Å²) in [4.78, 5) is 2.24. The highest BCUT2D eigenvalue weighted by atomic mass is 19.1. The van der Waals surface area contributed by atoms with Gasteiger partial charge in [0.05, 0.1) is 12.7 Å². The van der Waals surface area contributed by atoms with Crippen LogP contribution in [0.4, 0.5) is 10.1 Å². The average Bonchev–Trinajstić information content (AvgIpc) is 2.24. The predicted octanol–water partition coefficient (Wildman–Crippen LogP) is 1.63. The van der Waals surface area contributed by atoms with Crippen molar-refractivity contribution in [1.29, 1.82) is 0 Å². The predicted molar refractivity (Wildman–Crippen MR) is 61.5 cm³/mol. The molecule has 3 nitrogen and oxygen atoms in total.